The highest BCUT2D eigenvalue weighted by atomic mass is 16.1. The molecule has 14 heavy (non-hydrogen) atoms. The van der Waals surface area contributed by atoms with Gasteiger partial charge in [-0.1, -0.05) is 51.2 Å². The zero-order chi connectivity index (χ0) is 10.5. The van der Waals surface area contributed by atoms with Gasteiger partial charge in [-0.05, 0) is 12.8 Å². The molecule has 0 rings (SSSR count). The molecule has 0 aromatic heterocycles. The average molecular weight is 197 g/mol. The summed E-state index contributed by atoms with van der Waals surface area (Å²) in [6.45, 7) is 2.90. The summed E-state index contributed by atoms with van der Waals surface area (Å²) in [5.41, 5.74) is 0. The minimum absolute atomic E-state index is 0.666. The molecule has 0 heterocycles. The maximum absolute atomic E-state index is 9.90. The largest absolute Gasteiger partial charge is 0.355 e. The fourth-order valence-electron chi connectivity index (χ4n) is 1.36. The van der Waals surface area contributed by atoms with Crippen LogP contribution in [0.4, 0.5) is 0 Å². The van der Waals surface area contributed by atoms with Crippen molar-refractivity contribution in [2.45, 2.75) is 51.9 Å². The minimum atomic E-state index is 0.666. The topological polar surface area (TPSA) is 29.1 Å². The third-order valence-corrected chi connectivity index (χ3v) is 2.21. The van der Waals surface area contributed by atoms with Crippen molar-refractivity contribution in [2.75, 3.05) is 6.54 Å². The zero-order valence-corrected chi connectivity index (χ0v) is 9.30. The second kappa shape index (κ2) is 12.2. The van der Waals surface area contributed by atoms with Crippen LogP contribution in [0.25, 0.3) is 0 Å². The van der Waals surface area contributed by atoms with Crippen molar-refractivity contribution in [1.29, 1.82) is 0 Å². The molecule has 82 valence electrons. The van der Waals surface area contributed by atoms with Gasteiger partial charge in [0.15, 0.2) is 0 Å². The zero-order valence-electron chi connectivity index (χ0n) is 9.30. The second-order valence-electron chi connectivity index (χ2n) is 3.55. The minimum Gasteiger partial charge on any atom is -0.355 e. The predicted molar refractivity (Wildman–Crippen MR) is 61.2 cm³/mol. The Bertz CT molecular complexity index is 143. The highest BCUT2D eigenvalue weighted by Crippen LogP contribution is 2.06. The molecule has 0 aliphatic carbocycles. The fraction of sp³-hybridized carbons (Fsp3) is 0.750. The molecule has 0 fully saturated rings. The Balaban J connectivity index is 2.97. The molecule has 1 amide bonds. The van der Waals surface area contributed by atoms with Crippen LogP contribution in [0.2, 0.25) is 0 Å². The molecule has 0 aromatic rings. The Morgan fingerprint density at radius 1 is 1.00 bits per heavy atom. The predicted octanol–water partition coefficient (Wildman–Crippen LogP) is 3.04. The first-order valence-electron chi connectivity index (χ1n) is 5.73. The summed E-state index contributed by atoms with van der Waals surface area (Å²) in [4.78, 5) is 9.90. The van der Waals surface area contributed by atoms with Gasteiger partial charge in [-0.2, -0.15) is 0 Å². The third kappa shape index (κ3) is 11.2. The number of allylic oxidation sites excluding steroid dienone is 1. The number of hydrogen-bond donors (Lipinski definition) is 1. The summed E-state index contributed by atoms with van der Waals surface area (Å²) >= 11 is 0. The number of carbonyl (C=O) groups is 1. The number of carbonyl (C=O) groups excluding carboxylic acids is 1. The second-order valence-corrected chi connectivity index (χ2v) is 3.55. The molecule has 0 atom stereocenters. The number of hydrogen-bond acceptors (Lipinski definition) is 1. The Labute approximate surface area is 87.8 Å². The van der Waals surface area contributed by atoms with E-state index in [0.29, 0.717) is 6.54 Å². The average Bonchev–Trinajstić information content (AvgIpc) is 2.21. The van der Waals surface area contributed by atoms with Gasteiger partial charge in [-0.25, -0.2) is 0 Å². The molecule has 0 saturated carbocycles. The van der Waals surface area contributed by atoms with Crippen LogP contribution in [-0.4, -0.2) is 13.0 Å². The highest BCUT2D eigenvalue weighted by molar-refractivity contribution is 5.46. The first-order chi connectivity index (χ1) is 6.91. The van der Waals surface area contributed by atoms with Crippen LogP contribution in [0, 0.1) is 0 Å². The normalized spacial score (nSPS) is 10.6. The third-order valence-electron chi connectivity index (χ3n) is 2.21. The van der Waals surface area contributed by atoms with Crippen LogP contribution < -0.4 is 5.32 Å². The standard InChI is InChI=1S/C12H23NO/c1-2-3-4-5-6-7-8-9-10-11-13-12-14/h9-10,12H,2-8,11H2,1H3,(H,13,14). The van der Waals surface area contributed by atoms with Gasteiger partial charge in [0.1, 0.15) is 0 Å². The van der Waals surface area contributed by atoms with Gasteiger partial charge < -0.3 is 5.32 Å². The van der Waals surface area contributed by atoms with Crippen molar-refractivity contribution in [3.63, 3.8) is 0 Å². The van der Waals surface area contributed by atoms with Crippen molar-refractivity contribution in [3.8, 4) is 0 Å². The van der Waals surface area contributed by atoms with Crippen LogP contribution in [-0.2, 0) is 4.79 Å². The highest BCUT2D eigenvalue weighted by Gasteiger charge is 1.87. The first kappa shape index (κ1) is 13.2. The molecule has 0 unspecified atom stereocenters. The molecular formula is C12H23NO. The maximum Gasteiger partial charge on any atom is 0.207 e. The number of nitrogens with one attached hydrogen (secondary N) is 1. The van der Waals surface area contributed by atoms with Crippen molar-refractivity contribution < 1.29 is 4.79 Å². The Kier molecular flexibility index (Phi) is 11.5. The van der Waals surface area contributed by atoms with E-state index in [9.17, 15) is 4.79 Å². The molecule has 0 aliphatic rings. The van der Waals surface area contributed by atoms with E-state index < -0.39 is 0 Å². The van der Waals surface area contributed by atoms with Crippen LogP contribution in [0.3, 0.4) is 0 Å². The molecule has 0 aliphatic heterocycles. The lowest BCUT2D eigenvalue weighted by atomic mass is 10.1. The van der Waals surface area contributed by atoms with Gasteiger partial charge in [-0.15, -0.1) is 0 Å². The molecule has 1 N–H and O–H groups in total. The summed E-state index contributed by atoms with van der Waals surface area (Å²) in [6, 6.07) is 0. The lowest BCUT2D eigenvalue weighted by Gasteiger charge is -1.97. The van der Waals surface area contributed by atoms with Crippen LogP contribution in [0.5, 0.6) is 0 Å². The molecule has 0 aromatic carbocycles. The van der Waals surface area contributed by atoms with Gasteiger partial charge in [0.25, 0.3) is 0 Å². The van der Waals surface area contributed by atoms with Crippen molar-refractivity contribution in [1.82, 2.24) is 5.32 Å². The number of rotatable bonds is 10. The van der Waals surface area contributed by atoms with E-state index in [1.54, 1.807) is 0 Å². The van der Waals surface area contributed by atoms with Crippen LogP contribution >= 0.6 is 0 Å². The summed E-state index contributed by atoms with van der Waals surface area (Å²) in [5.74, 6) is 0. The maximum atomic E-state index is 9.90. The van der Waals surface area contributed by atoms with E-state index in [-0.39, 0.29) is 0 Å². The SMILES string of the molecule is CCCCCCCCC=CCNC=O. The number of unbranched alkanes of at least 4 members (excludes halogenated alkanes) is 6. The van der Waals surface area contributed by atoms with Crippen molar-refractivity contribution in [3.05, 3.63) is 12.2 Å². The Hall–Kier alpha value is -0.790. The van der Waals surface area contributed by atoms with E-state index in [0.717, 1.165) is 12.8 Å². The van der Waals surface area contributed by atoms with Crippen LogP contribution in [0.15, 0.2) is 12.2 Å². The van der Waals surface area contributed by atoms with E-state index in [2.05, 4.69) is 18.3 Å². The summed E-state index contributed by atoms with van der Waals surface area (Å²) in [5, 5.41) is 2.60. The Morgan fingerprint density at radius 2 is 1.71 bits per heavy atom. The molecule has 2 nitrogen and oxygen atoms in total. The quantitative estimate of drug-likeness (QED) is 0.325. The molecule has 0 bridgehead atoms. The summed E-state index contributed by atoms with van der Waals surface area (Å²) < 4.78 is 0. The smallest absolute Gasteiger partial charge is 0.207 e. The first-order valence-corrected chi connectivity index (χ1v) is 5.73. The van der Waals surface area contributed by atoms with Crippen molar-refractivity contribution in [2.24, 2.45) is 0 Å². The molecular weight excluding hydrogens is 174 g/mol. The molecule has 0 spiro atoms. The van der Waals surface area contributed by atoms with Gasteiger partial charge in [-0.3, -0.25) is 4.79 Å². The lowest BCUT2D eigenvalue weighted by molar-refractivity contribution is -0.109. The van der Waals surface area contributed by atoms with Gasteiger partial charge >= 0.3 is 0 Å². The number of amides is 1. The molecule has 0 radical (unpaired) electrons. The fourth-order valence-corrected chi connectivity index (χ4v) is 1.36. The molecule has 2 heteroatoms. The summed E-state index contributed by atoms with van der Waals surface area (Å²) in [6.07, 6.45) is 14.1. The van der Waals surface area contributed by atoms with Gasteiger partial charge in [0.2, 0.25) is 6.41 Å². The Morgan fingerprint density at radius 3 is 2.43 bits per heavy atom. The van der Waals surface area contributed by atoms with E-state index in [1.807, 2.05) is 6.08 Å². The lowest BCUT2D eigenvalue weighted by Crippen LogP contribution is -2.09. The van der Waals surface area contributed by atoms with Gasteiger partial charge in [0, 0.05) is 6.54 Å². The van der Waals surface area contributed by atoms with Crippen LogP contribution in [0.1, 0.15) is 51.9 Å². The van der Waals surface area contributed by atoms with Crippen molar-refractivity contribution >= 4 is 6.41 Å². The van der Waals surface area contributed by atoms with E-state index in [4.69, 9.17) is 0 Å². The monoisotopic (exact) mass is 197 g/mol. The van der Waals surface area contributed by atoms with E-state index >= 15 is 0 Å². The van der Waals surface area contributed by atoms with E-state index in [1.165, 1.54) is 38.5 Å². The van der Waals surface area contributed by atoms with Gasteiger partial charge in [0.05, 0.1) is 0 Å². The molecule has 0 saturated heterocycles. The summed E-state index contributed by atoms with van der Waals surface area (Å²) in [7, 11) is 0.